The van der Waals surface area contributed by atoms with Crippen molar-refractivity contribution < 1.29 is 30.0 Å². The second-order valence-electron chi connectivity index (χ2n) is 3.36. The van der Waals surface area contributed by atoms with E-state index in [4.69, 9.17) is 10.2 Å². The van der Waals surface area contributed by atoms with E-state index in [0.29, 0.717) is 0 Å². The molecule has 1 amide bonds. The molecule has 0 heterocycles. The van der Waals surface area contributed by atoms with Crippen molar-refractivity contribution in [3.05, 3.63) is 0 Å². The summed E-state index contributed by atoms with van der Waals surface area (Å²) in [6, 6.07) is -1.44. The molecule has 18 heavy (non-hydrogen) atoms. The lowest BCUT2D eigenvalue weighted by molar-refractivity contribution is -0.130. The first-order valence-corrected chi connectivity index (χ1v) is 7.01. The van der Waals surface area contributed by atoms with E-state index in [1.54, 1.807) is 0 Å². The largest absolute Gasteiger partial charge is 0.394 e. The summed E-state index contributed by atoms with van der Waals surface area (Å²) in [4.78, 5) is 22.2. The lowest BCUT2D eigenvalue weighted by Gasteiger charge is -2.27. The van der Waals surface area contributed by atoms with E-state index in [9.17, 15) is 19.8 Å². The standard InChI is InChI=1S/C8H12Br3NO6/c9-8(10,11)7(18)12-3(1-13)5(16)6(17)4(15)2-14/h1,3-6,14-17H,2H2,(H,12,18)/t3-,4+,5+,6+/m0/s1. The molecule has 0 bridgehead atoms. The minimum atomic E-state index is -1.78. The molecular formula is C8H12Br3NO6. The molecule has 0 aliphatic heterocycles. The van der Waals surface area contributed by atoms with E-state index < -0.39 is 39.0 Å². The highest BCUT2D eigenvalue weighted by molar-refractivity contribution is 9.40. The van der Waals surface area contributed by atoms with Gasteiger partial charge in [0.25, 0.3) is 5.91 Å². The van der Waals surface area contributed by atoms with E-state index >= 15 is 0 Å². The number of amides is 1. The molecule has 0 aliphatic carbocycles. The number of rotatable bonds is 6. The van der Waals surface area contributed by atoms with Gasteiger partial charge < -0.3 is 30.5 Å². The predicted octanol–water partition coefficient (Wildman–Crippen LogP) is -1.42. The van der Waals surface area contributed by atoms with Crippen molar-refractivity contribution in [3.63, 3.8) is 0 Å². The third-order valence-electron chi connectivity index (χ3n) is 2.00. The smallest absolute Gasteiger partial charge is 0.259 e. The number of aldehydes is 1. The van der Waals surface area contributed by atoms with Crippen molar-refractivity contribution in [2.45, 2.75) is 26.5 Å². The molecule has 0 radical (unpaired) electrons. The summed E-state index contributed by atoms with van der Waals surface area (Å²) >= 11 is 8.71. The Kier molecular flexibility index (Phi) is 8.06. The van der Waals surface area contributed by atoms with Gasteiger partial charge in [-0.1, -0.05) is 0 Å². The molecule has 0 aromatic carbocycles. The molecule has 10 heteroatoms. The van der Waals surface area contributed by atoms with Crippen LogP contribution in [0.1, 0.15) is 0 Å². The van der Waals surface area contributed by atoms with Crippen LogP contribution in [0.25, 0.3) is 0 Å². The quantitative estimate of drug-likeness (QED) is 0.246. The fourth-order valence-corrected chi connectivity index (χ4v) is 1.32. The Bertz CT molecular complexity index is 297. The van der Waals surface area contributed by atoms with Crippen molar-refractivity contribution in [1.29, 1.82) is 0 Å². The molecule has 0 aromatic rings. The van der Waals surface area contributed by atoms with Gasteiger partial charge in [-0.15, -0.1) is 0 Å². The summed E-state index contributed by atoms with van der Waals surface area (Å²) < 4.78 is -1.32. The van der Waals surface area contributed by atoms with Crippen LogP contribution in [0.2, 0.25) is 0 Å². The summed E-state index contributed by atoms with van der Waals surface area (Å²) in [5.41, 5.74) is 0. The number of hydrogen-bond acceptors (Lipinski definition) is 6. The van der Waals surface area contributed by atoms with Gasteiger partial charge in [-0.3, -0.25) is 4.79 Å². The van der Waals surface area contributed by atoms with Gasteiger partial charge in [-0.05, 0) is 47.8 Å². The molecule has 0 saturated carbocycles. The zero-order chi connectivity index (χ0) is 14.5. The van der Waals surface area contributed by atoms with Crippen LogP contribution in [0, 0.1) is 0 Å². The predicted molar refractivity (Wildman–Crippen MR) is 72.6 cm³/mol. The minimum absolute atomic E-state index is 0.203. The van der Waals surface area contributed by atoms with Crippen molar-refractivity contribution >= 4 is 60.0 Å². The van der Waals surface area contributed by atoms with E-state index in [2.05, 4.69) is 53.1 Å². The third-order valence-corrected chi connectivity index (χ3v) is 3.08. The Balaban J connectivity index is 4.69. The number of hydrogen-bond donors (Lipinski definition) is 5. The molecule has 4 atom stereocenters. The second-order valence-corrected chi connectivity index (χ2v) is 10.1. The summed E-state index contributed by atoms with van der Waals surface area (Å²) in [6.45, 7) is -0.795. The van der Waals surface area contributed by atoms with E-state index in [0.717, 1.165) is 0 Å². The topological polar surface area (TPSA) is 127 Å². The minimum Gasteiger partial charge on any atom is -0.394 e. The maximum Gasteiger partial charge on any atom is 0.259 e. The van der Waals surface area contributed by atoms with Crippen LogP contribution < -0.4 is 5.32 Å². The summed E-state index contributed by atoms with van der Waals surface area (Å²) in [6.07, 6.45) is -4.96. The maximum absolute atomic E-state index is 11.5. The molecule has 0 aliphatic rings. The fourth-order valence-electron chi connectivity index (χ4n) is 0.981. The van der Waals surface area contributed by atoms with E-state index in [1.165, 1.54) is 0 Å². The van der Waals surface area contributed by atoms with Crippen molar-refractivity contribution in [1.82, 2.24) is 5.32 Å². The fraction of sp³-hybridized carbons (Fsp3) is 0.750. The Labute approximate surface area is 128 Å². The number of aliphatic hydroxyl groups is 4. The number of carbonyl (C=O) groups is 2. The molecule has 0 fully saturated rings. The van der Waals surface area contributed by atoms with Gasteiger partial charge >= 0.3 is 0 Å². The zero-order valence-corrected chi connectivity index (χ0v) is 13.6. The molecule has 5 N–H and O–H groups in total. The van der Waals surface area contributed by atoms with Crippen LogP contribution in [0.3, 0.4) is 0 Å². The zero-order valence-electron chi connectivity index (χ0n) is 8.83. The Morgan fingerprint density at radius 2 is 1.72 bits per heavy atom. The normalized spacial score (nSPS) is 18.6. The molecule has 0 spiro atoms. The Hall–Kier alpha value is 0.420. The van der Waals surface area contributed by atoms with Gasteiger partial charge in [0, 0.05) is 0 Å². The Morgan fingerprint density at radius 1 is 1.22 bits per heavy atom. The van der Waals surface area contributed by atoms with E-state index in [-0.39, 0.29) is 6.29 Å². The number of halogens is 3. The van der Waals surface area contributed by atoms with Gasteiger partial charge in [-0.2, -0.15) is 0 Å². The summed E-state index contributed by atoms with van der Waals surface area (Å²) in [5.74, 6) is -0.732. The molecule has 106 valence electrons. The SMILES string of the molecule is O=C[C@H](NC(=O)C(Br)(Br)Br)[C@@H](O)[C@H](O)[C@H](O)CO. The van der Waals surface area contributed by atoms with Crippen molar-refractivity contribution in [3.8, 4) is 0 Å². The first-order chi connectivity index (χ1) is 8.15. The van der Waals surface area contributed by atoms with Gasteiger partial charge in [-0.25, -0.2) is 0 Å². The van der Waals surface area contributed by atoms with Gasteiger partial charge in [0.15, 0.2) is 0 Å². The summed E-state index contributed by atoms with van der Waals surface area (Å²) in [5, 5.41) is 38.8. The number of carbonyl (C=O) groups excluding carboxylic acids is 2. The molecule has 0 rings (SSSR count). The highest BCUT2D eigenvalue weighted by Crippen LogP contribution is 2.33. The van der Waals surface area contributed by atoms with Crippen LogP contribution >= 0.6 is 47.8 Å². The van der Waals surface area contributed by atoms with Crippen LogP contribution in [-0.2, 0) is 9.59 Å². The number of nitrogens with one attached hydrogen (secondary N) is 1. The van der Waals surface area contributed by atoms with Gasteiger partial charge in [0.1, 0.15) is 30.6 Å². The average Bonchev–Trinajstić information content (AvgIpc) is 2.31. The van der Waals surface area contributed by atoms with Crippen LogP contribution in [0.15, 0.2) is 0 Å². The van der Waals surface area contributed by atoms with Crippen LogP contribution in [0.4, 0.5) is 0 Å². The highest BCUT2D eigenvalue weighted by Gasteiger charge is 2.36. The first-order valence-electron chi connectivity index (χ1n) is 4.63. The molecule has 7 nitrogen and oxygen atoms in total. The Morgan fingerprint density at radius 3 is 2.06 bits per heavy atom. The van der Waals surface area contributed by atoms with E-state index in [1.807, 2.05) is 0 Å². The molecule has 0 saturated heterocycles. The third kappa shape index (κ3) is 5.59. The monoisotopic (exact) mass is 455 g/mol. The van der Waals surface area contributed by atoms with Crippen molar-refractivity contribution in [2.24, 2.45) is 0 Å². The van der Waals surface area contributed by atoms with Crippen LogP contribution in [0.5, 0.6) is 0 Å². The maximum atomic E-state index is 11.5. The highest BCUT2D eigenvalue weighted by atomic mass is 80.0. The number of alkyl halides is 3. The average molecular weight is 458 g/mol. The molecular weight excluding hydrogens is 446 g/mol. The molecule has 0 aromatic heterocycles. The number of aliphatic hydroxyl groups excluding tert-OH is 4. The first kappa shape index (κ1) is 18.4. The van der Waals surface area contributed by atoms with Crippen molar-refractivity contribution in [2.75, 3.05) is 6.61 Å². The lowest BCUT2D eigenvalue weighted by atomic mass is 10.0. The second kappa shape index (κ2) is 7.88. The molecule has 0 unspecified atom stereocenters. The summed E-state index contributed by atoms with van der Waals surface area (Å²) in [7, 11) is 0. The van der Waals surface area contributed by atoms with Gasteiger partial charge in [0.2, 0.25) is 2.14 Å². The van der Waals surface area contributed by atoms with Crippen LogP contribution in [-0.4, -0.2) is 65.7 Å². The van der Waals surface area contributed by atoms with Gasteiger partial charge in [0.05, 0.1) is 6.61 Å². The lowest BCUT2D eigenvalue weighted by Crippen LogP contribution is -2.55.